The molecule has 1 heterocycles. The molecule has 0 saturated heterocycles. The van der Waals surface area contributed by atoms with Crippen LogP contribution >= 0.6 is 0 Å². The third-order valence-corrected chi connectivity index (χ3v) is 3.53. The maximum Gasteiger partial charge on any atom is 0.326 e. The zero-order valence-electron chi connectivity index (χ0n) is 13.4. The van der Waals surface area contributed by atoms with Crippen LogP contribution in [0.2, 0.25) is 0 Å². The van der Waals surface area contributed by atoms with E-state index in [0.717, 1.165) is 5.56 Å². The number of amides is 1. The lowest BCUT2D eigenvalue weighted by Gasteiger charge is -2.15. The molecule has 1 aromatic carbocycles. The molecule has 0 saturated carbocycles. The molecule has 1 amide bonds. The van der Waals surface area contributed by atoms with E-state index in [1.165, 1.54) is 0 Å². The first-order valence-electron chi connectivity index (χ1n) is 7.44. The molecule has 2 aromatic rings. The monoisotopic (exact) mass is 316 g/mol. The molecule has 0 fully saturated rings. The Bertz CT molecular complexity index is 692. The highest BCUT2D eigenvalue weighted by molar-refractivity contribution is 5.98. The highest BCUT2D eigenvalue weighted by atomic mass is 16.5. The minimum absolute atomic E-state index is 0.0191. The summed E-state index contributed by atoms with van der Waals surface area (Å²) >= 11 is 0. The highest BCUT2D eigenvalue weighted by Crippen LogP contribution is 2.22. The molecular weight excluding hydrogens is 296 g/mol. The third kappa shape index (κ3) is 3.97. The number of benzene rings is 1. The van der Waals surface area contributed by atoms with E-state index in [1.54, 1.807) is 6.92 Å². The Balaban J connectivity index is 2.19. The van der Waals surface area contributed by atoms with E-state index in [4.69, 9.17) is 4.52 Å². The van der Waals surface area contributed by atoms with Gasteiger partial charge in [0.15, 0.2) is 5.76 Å². The highest BCUT2D eigenvalue weighted by Gasteiger charge is 2.27. The fourth-order valence-corrected chi connectivity index (χ4v) is 2.34. The maximum absolute atomic E-state index is 12.5. The molecule has 6 heteroatoms. The van der Waals surface area contributed by atoms with E-state index in [1.807, 2.05) is 44.2 Å². The summed E-state index contributed by atoms with van der Waals surface area (Å²) in [7, 11) is 0. The molecule has 0 radical (unpaired) electrons. The number of aryl methyl sites for hydroxylation is 1. The van der Waals surface area contributed by atoms with Gasteiger partial charge in [0.2, 0.25) is 0 Å². The van der Waals surface area contributed by atoms with Crippen molar-refractivity contribution in [2.75, 3.05) is 0 Å². The van der Waals surface area contributed by atoms with E-state index < -0.39 is 17.9 Å². The summed E-state index contributed by atoms with van der Waals surface area (Å²) in [6, 6.07) is 8.15. The second kappa shape index (κ2) is 7.09. The van der Waals surface area contributed by atoms with Gasteiger partial charge in [-0.05, 0) is 12.5 Å². The average Bonchev–Trinajstić information content (AvgIpc) is 2.89. The van der Waals surface area contributed by atoms with Gasteiger partial charge >= 0.3 is 5.97 Å². The molecule has 1 unspecified atom stereocenters. The van der Waals surface area contributed by atoms with Crippen molar-refractivity contribution in [3.05, 3.63) is 52.9 Å². The van der Waals surface area contributed by atoms with E-state index >= 15 is 0 Å². The molecule has 2 rings (SSSR count). The summed E-state index contributed by atoms with van der Waals surface area (Å²) in [5.74, 6) is -1.11. The van der Waals surface area contributed by atoms with Crippen LogP contribution in [0.1, 0.15) is 47.1 Å². The van der Waals surface area contributed by atoms with E-state index in [2.05, 4.69) is 10.5 Å². The molecule has 23 heavy (non-hydrogen) atoms. The van der Waals surface area contributed by atoms with Gasteiger partial charge in [-0.25, -0.2) is 4.79 Å². The number of carboxylic acid groups (broad SMARTS) is 1. The van der Waals surface area contributed by atoms with Crippen LogP contribution in [-0.4, -0.2) is 28.2 Å². The van der Waals surface area contributed by atoms with Gasteiger partial charge in [-0.1, -0.05) is 49.3 Å². The van der Waals surface area contributed by atoms with Crippen LogP contribution in [0.3, 0.4) is 0 Å². The predicted octanol–water partition coefficient (Wildman–Crippen LogP) is 2.53. The number of carboxylic acids is 1. The van der Waals surface area contributed by atoms with Crippen LogP contribution in [0, 0.1) is 6.92 Å². The number of nitrogens with zero attached hydrogens (tertiary/aromatic N) is 1. The maximum atomic E-state index is 12.5. The number of carbonyl (C=O) groups excluding carboxylic acids is 1. The average molecular weight is 316 g/mol. The Kier molecular flexibility index (Phi) is 5.16. The summed E-state index contributed by atoms with van der Waals surface area (Å²) < 4.78 is 5.18. The first-order chi connectivity index (χ1) is 10.9. The fraction of sp³-hybridized carbons (Fsp3) is 0.353. The van der Waals surface area contributed by atoms with Gasteiger partial charge in [0, 0.05) is 12.3 Å². The van der Waals surface area contributed by atoms with Crippen molar-refractivity contribution in [3.63, 3.8) is 0 Å². The van der Waals surface area contributed by atoms with Crippen molar-refractivity contribution in [1.82, 2.24) is 10.5 Å². The van der Waals surface area contributed by atoms with Gasteiger partial charge in [-0.15, -0.1) is 0 Å². The molecule has 122 valence electrons. The van der Waals surface area contributed by atoms with Crippen molar-refractivity contribution < 1.29 is 19.2 Å². The van der Waals surface area contributed by atoms with Gasteiger partial charge in [0.25, 0.3) is 5.91 Å². The van der Waals surface area contributed by atoms with Crippen molar-refractivity contribution in [3.8, 4) is 0 Å². The lowest BCUT2D eigenvalue weighted by molar-refractivity contribution is -0.139. The molecule has 0 aliphatic carbocycles. The Labute approximate surface area is 134 Å². The quantitative estimate of drug-likeness (QED) is 0.854. The van der Waals surface area contributed by atoms with Gasteiger partial charge < -0.3 is 14.9 Å². The molecule has 2 N–H and O–H groups in total. The van der Waals surface area contributed by atoms with Crippen LogP contribution < -0.4 is 5.32 Å². The van der Waals surface area contributed by atoms with Crippen LogP contribution in [-0.2, 0) is 11.2 Å². The number of hydrogen-bond donors (Lipinski definition) is 2. The van der Waals surface area contributed by atoms with E-state index in [0.29, 0.717) is 17.0 Å². The van der Waals surface area contributed by atoms with E-state index in [-0.39, 0.29) is 12.3 Å². The van der Waals surface area contributed by atoms with Crippen molar-refractivity contribution in [2.24, 2.45) is 0 Å². The zero-order chi connectivity index (χ0) is 17.0. The van der Waals surface area contributed by atoms with Crippen LogP contribution in [0.5, 0.6) is 0 Å². The van der Waals surface area contributed by atoms with Gasteiger partial charge in [-0.3, -0.25) is 4.79 Å². The van der Waals surface area contributed by atoms with E-state index in [9.17, 15) is 14.7 Å². The summed E-state index contributed by atoms with van der Waals surface area (Å²) in [6.07, 6.45) is 0.212. The first kappa shape index (κ1) is 16.7. The molecule has 1 aromatic heterocycles. The zero-order valence-corrected chi connectivity index (χ0v) is 13.4. The molecule has 0 aliphatic rings. The largest absolute Gasteiger partial charge is 0.480 e. The molecule has 0 bridgehead atoms. The number of hydrogen-bond acceptors (Lipinski definition) is 4. The number of aromatic nitrogens is 1. The second-order valence-corrected chi connectivity index (χ2v) is 5.72. The van der Waals surface area contributed by atoms with Gasteiger partial charge in [0.05, 0.1) is 5.69 Å². The standard InChI is InChI=1S/C17H20N2O4/c1-10(2)15-14(11(3)19-23-15)16(20)18-13(17(21)22)9-12-7-5-4-6-8-12/h4-8,10,13H,9H2,1-3H3,(H,18,20)(H,21,22). The molecule has 6 nitrogen and oxygen atoms in total. The van der Waals surface area contributed by atoms with Crippen molar-refractivity contribution >= 4 is 11.9 Å². The number of carbonyl (C=O) groups is 2. The first-order valence-corrected chi connectivity index (χ1v) is 7.44. The smallest absolute Gasteiger partial charge is 0.326 e. The van der Waals surface area contributed by atoms with Crippen molar-refractivity contribution in [1.29, 1.82) is 0 Å². The summed E-state index contributed by atoms with van der Waals surface area (Å²) in [5, 5.41) is 15.8. The van der Waals surface area contributed by atoms with Crippen LogP contribution in [0.15, 0.2) is 34.9 Å². The van der Waals surface area contributed by atoms with Crippen molar-refractivity contribution in [2.45, 2.75) is 39.2 Å². The molecule has 1 atom stereocenters. The van der Waals surface area contributed by atoms with Gasteiger partial charge in [-0.2, -0.15) is 0 Å². The number of nitrogens with one attached hydrogen (secondary N) is 1. The second-order valence-electron chi connectivity index (χ2n) is 5.72. The normalized spacial score (nSPS) is 12.2. The Morgan fingerprint density at radius 3 is 2.48 bits per heavy atom. The topological polar surface area (TPSA) is 92.4 Å². The SMILES string of the molecule is Cc1noc(C(C)C)c1C(=O)NC(Cc1ccccc1)C(=O)O. The van der Waals surface area contributed by atoms with Crippen LogP contribution in [0.25, 0.3) is 0 Å². The molecule has 0 aliphatic heterocycles. The lowest BCUT2D eigenvalue weighted by Crippen LogP contribution is -2.42. The molecule has 0 spiro atoms. The van der Waals surface area contributed by atoms with Crippen LogP contribution in [0.4, 0.5) is 0 Å². The fourth-order valence-electron chi connectivity index (χ4n) is 2.34. The number of rotatable bonds is 6. The third-order valence-electron chi connectivity index (χ3n) is 3.53. The number of aliphatic carboxylic acids is 1. The van der Waals surface area contributed by atoms with Gasteiger partial charge in [0.1, 0.15) is 11.6 Å². The summed E-state index contributed by atoms with van der Waals surface area (Å²) in [5.41, 5.74) is 1.61. The Hall–Kier alpha value is -2.63. The minimum Gasteiger partial charge on any atom is -0.480 e. The minimum atomic E-state index is -1.08. The summed E-state index contributed by atoms with van der Waals surface area (Å²) in [6.45, 7) is 5.43. The predicted molar refractivity (Wildman–Crippen MR) is 84.4 cm³/mol. The Morgan fingerprint density at radius 2 is 1.91 bits per heavy atom. The summed E-state index contributed by atoms with van der Waals surface area (Å²) in [4.78, 5) is 23.9. The lowest BCUT2D eigenvalue weighted by atomic mass is 10.0. The Morgan fingerprint density at radius 1 is 1.26 bits per heavy atom. The molecular formula is C17H20N2O4.